The molecule has 1 aliphatic heterocycles. The number of carboxylic acids is 1. The first-order valence-corrected chi connectivity index (χ1v) is 18.0. The third-order valence-corrected chi connectivity index (χ3v) is 9.87. The van der Waals surface area contributed by atoms with Crippen LogP contribution in [0.2, 0.25) is 5.02 Å². The molecule has 0 bridgehead atoms. The Morgan fingerprint density at radius 3 is 2.19 bits per heavy atom. The summed E-state index contributed by atoms with van der Waals surface area (Å²) in [4.78, 5) is 53.3. The minimum atomic E-state index is -5.08. The number of aliphatic carboxylic acids is 1. The van der Waals surface area contributed by atoms with Gasteiger partial charge in [0.05, 0.1) is 12.5 Å². The predicted molar refractivity (Wildman–Crippen MR) is 194 cm³/mol. The van der Waals surface area contributed by atoms with E-state index >= 15 is 0 Å². The third kappa shape index (κ3) is 11.0. The van der Waals surface area contributed by atoms with Crippen molar-refractivity contribution in [3.8, 4) is 11.1 Å². The van der Waals surface area contributed by atoms with Gasteiger partial charge in [-0.25, -0.2) is 4.79 Å². The standard InChI is InChI=1S/C37H45ClN4O3.C2HF3O2/c1-26(29-10-7-11-30(25-29)33-12-5-6-13-34(33)36(44)40-21-20-39)42(35(43)24-27-14-16-31(38)17-15-27)32-18-22-41(23-19-32)37(45)28-8-3-2-4-9-28;3-2(4,5)1(6)7/h5-7,10-17,25-26,28,32H,2-4,8-9,18-24,39H2,1H3,(H,40,44);(H,6,7). The number of amides is 3. The van der Waals surface area contributed by atoms with Gasteiger partial charge in [0.2, 0.25) is 11.8 Å². The molecule has 1 atom stereocenters. The summed E-state index contributed by atoms with van der Waals surface area (Å²) in [7, 11) is 0. The van der Waals surface area contributed by atoms with E-state index in [0.29, 0.717) is 42.7 Å². The van der Waals surface area contributed by atoms with Crippen LogP contribution in [0.5, 0.6) is 0 Å². The maximum Gasteiger partial charge on any atom is 0.490 e. The van der Waals surface area contributed by atoms with Crippen LogP contribution in [0.15, 0.2) is 72.8 Å². The van der Waals surface area contributed by atoms with Crippen LogP contribution < -0.4 is 11.1 Å². The highest BCUT2D eigenvalue weighted by molar-refractivity contribution is 6.30. The number of alkyl halides is 3. The third-order valence-electron chi connectivity index (χ3n) is 9.62. The Kier molecular flexibility index (Phi) is 14.7. The molecule has 1 saturated heterocycles. The van der Waals surface area contributed by atoms with Crippen molar-refractivity contribution in [3.05, 3.63) is 94.5 Å². The minimum absolute atomic E-state index is 0.00758. The van der Waals surface area contributed by atoms with Crippen LogP contribution >= 0.6 is 11.6 Å². The topological polar surface area (TPSA) is 133 Å². The zero-order chi connectivity index (χ0) is 37.8. The van der Waals surface area contributed by atoms with Crippen LogP contribution in [0.3, 0.4) is 0 Å². The first-order valence-electron chi connectivity index (χ1n) is 17.6. The lowest BCUT2D eigenvalue weighted by Crippen LogP contribution is -2.51. The zero-order valence-electron chi connectivity index (χ0n) is 29.2. The van der Waals surface area contributed by atoms with E-state index in [-0.39, 0.29) is 36.2 Å². The molecule has 4 N–H and O–H groups in total. The van der Waals surface area contributed by atoms with Gasteiger partial charge in [-0.15, -0.1) is 0 Å². The van der Waals surface area contributed by atoms with E-state index in [1.54, 1.807) is 0 Å². The molecule has 1 heterocycles. The smallest absolute Gasteiger partial charge is 0.475 e. The predicted octanol–water partition coefficient (Wildman–Crippen LogP) is 7.03. The number of rotatable bonds is 10. The molecule has 9 nitrogen and oxygen atoms in total. The Bertz CT molecular complexity index is 1670. The molecule has 0 aromatic heterocycles. The molecule has 3 amide bonds. The number of halogens is 4. The monoisotopic (exact) mass is 742 g/mol. The van der Waals surface area contributed by atoms with Gasteiger partial charge in [0.25, 0.3) is 5.91 Å². The number of carbonyl (C=O) groups excluding carboxylic acids is 3. The summed E-state index contributed by atoms with van der Waals surface area (Å²) in [6.45, 7) is 4.19. The molecule has 0 radical (unpaired) electrons. The second-order valence-electron chi connectivity index (χ2n) is 13.2. The van der Waals surface area contributed by atoms with E-state index in [4.69, 9.17) is 27.2 Å². The van der Waals surface area contributed by atoms with Crippen molar-refractivity contribution < 1.29 is 37.5 Å². The molecule has 52 heavy (non-hydrogen) atoms. The summed E-state index contributed by atoms with van der Waals surface area (Å²) in [6, 6.07) is 22.9. The van der Waals surface area contributed by atoms with Crippen LogP contribution in [0, 0.1) is 5.92 Å². The van der Waals surface area contributed by atoms with Crippen molar-refractivity contribution in [2.75, 3.05) is 26.2 Å². The minimum Gasteiger partial charge on any atom is -0.475 e. The van der Waals surface area contributed by atoms with E-state index in [1.165, 1.54) is 6.42 Å². The second kappa shape index (κ2) is 18.9. The van der Waals surface area contributed by atoms with Gasteiger partial charge in [-0.3, -0.25) is 14.4 Å². The summed E-state index contributed by atoms with van der Waals surface area (Å²) in [6.07, 6.45) is 2.18. The number of nitrogens with one attached hydrogen (secondary N) is 1. The molecule has 2 fully saturated rings. The van der Waals surface area contributed by atoms with Gasteiger partial charge >= 0.3 is 12.1 Å². The van der Waals surface area contributed by atoms with E-state index in [0.717, 1.165) is 60.8 Å². The van der Waals surface area contributed by atoms with Crippen LogP contribution in [0.25, 0.3) is 11.1 Å². The number of nitrogens with two attached hydrogens (primary N) is 1. The quantitative estimate of drug-likeness (QED) is 0.204. The summed E-state index contributed by atoms with van der Waals surface area (Å²) in [5, 5.41) is 10.6. The highest BCUT2D eigenvalue weighted by atomic mass is 35.5. The summed E-state index contributed by atoms with van der Waals surface area (Å²) >= 11 is 6.12. The lowest BCUT2D eigenvalue weighted by molar-refractivity contribution is -0.192. The average Bonchev–Trinajstić information content (AvgIpc) is 3.15. The van der Waals surface area contributed by atoms with E-state index in [2.05, 4.69) is 24.4 Å². The van der Waals surface area contributed by atoms with Crippen molar-refractivity contribution in [3.63, 3.8) is 0 Å². The van der Waals surface area contributed by atoms with E-state index in [9.17, 15) is 27.6 Å². The molecule has 3 aromatic rings. The first kappa shape index (κ1) is 40.4. The van der Waals surface area contributed by atoms with Crippen molar-refractivity contribution in [1.82, 2.24) is 15.1 Å². The number of nitrogens with zero attached hydrogens (tertiary/aromatic N) is 2. The van der Waals surface area contributed by atoms with Crippen molar-refractivity contribution in [2.45, 2.75) is 76.6 Å². The lowest BCUT2D eigenvalue weighted by atomic mass is 9.87. The van der Waals surface area contributed by atoms with Gasteiger partial charge in [0, 0.05) is 48.7 Å². The number of benzene rings is 3. The number of hydrogen-bond donors (Lipinski definition) is 3. The fourth-order valence-corrected chi connectivity index (χ4v) is 7.04. The number of piperidine rings is 1. The van der Waals surface area contributed by atoms with Crippen LogP contribution in [0.1, 0.15) is 79.4 Å². The molecular weight excluding hydrogens is 697 g/mol. The van der Waals surface area contributed by atoms with Crippen LogP contribution in [0.4, 0.5) is 13.2 Å². The van der Waals surface area contributed by atoms with Crippen molar-refractivity contribution in [1.29, 1.82) is 0 Å². The fourth-order valence-electron chi connectivity index (χ4n) is 6.92. The lowest BCUT2D eigenvalue weighted by Gasteiger charge is -2.42. The first-order chi connectivity index (χ1) is 24.8. The van der Waals surface area contributed by atoms with E-state index < -0.39 is 12.1 Å². The Hall–Kier alpha value is -4.42. The number of carboxylic acid groups (broad SMARTS) is 1. The summed E-state index contributed by atoms with van der Waals surface area (Å²) in [5.74, 6) is -2.42. The molecule has 13 heteroatoms. The maximum absolute atomic E-state index is 14.1. The second-order valence-corrected chi connectivity index (χ2v) is 13.6. The van der Waals surface area contributed by atoms with Gasteiger partial charge in [-0.2, -0.15) is 13.2 Å². The Morgan fingerprint density at radius 1 is 0.942 bits per heavy atom. The molecule has 1 saturated carbocycles. The largest absolute Gasteiger partial charge is 0.490 e. The van der Waals surface area contributed by atoms with Gasteiger partial charge in [0.15, 0.2) is 0 Å². The average molecular weight is 743 g/mol. The number of likely N-dealkylation sites (tertiary alicyclic amines) is 1. The van der Waals surface area contributed by atoms with Crippen molar-refractivity contribution in [2.24, 2.45) is 11.7 Å². The van der Waals surface area contributed by atoms with E-state index in [1.807, 2.05) is 70.5 Å². The van der Waals surface area contributed by atoms with Crippen LogP contribution in [-0.4, -0.2) is 77.0 Å². The van der Waals surface area contributed by atoms with Gasteiger partial charge in [-0.1, -0.05) is 79.4 Å². The Morgan fingerprint density at radius 2 is 1.58 bits per heavy atom. The molecule has 280 valence electrons. The number of hydrogen-bond acceptors (Lipinski definition) is 5. The van der Waals surface area contributed by atoms with Gasteiger partial charge in [0.1, 0.15) is 0 Å². The van der Waals surface area contributed by atoms with Crippen molar-refractivity contribution >= 4 is 35.3 Å². The number of carbonyl (C=O) groups is 4. The molecule has 0 spiro atoms. The highest BCUT2D eigenvalue weighted by Crippen LogP contribution is 2.33. The molecular formula is C39H46ClF3N4O5. The van der Waals surface area contributed by atoms with Crippen LogP contribution in [-0.2, 0) is 20.8 Å². The SMILES string of the molecule is CC(c1cccc(-c2ccccc2C(=O)NCCN)c1)N(C(=O)Cc1ccc(Cl)cc1)C1CCN(C(=O)C2CCCCC2)CC1.O=C(O)C(F)(F)F. The van der Waals surface area contributed by atoms with Gasteiger partial charge < -0.3 is 26.0 Å². The fraction of sp³-hybridized carbons (Fsp3) is 0.436. The van der Waals surface area contributed by atoms with Gasteiger partial charge in [-0.05, 0) is 79.1 Å². The molecule has 3 aromatic carbocycles. The molecule has 1 unspecified atom stereocenters. The zero-order valence-corrected chi connectivity index (χ0v) is 30.0. The molecule has 5 rings (SSSR count). The maximum atomic E-state index is 14.1. The molecule has 1 aliphatic carbocycles. The Balaban J connectivity index is 0.000000785. The normalized spacial score (nSPS) is 15.9. The summed E-state index contributed by atoms with van der Waals surface area (Å²) < 4.78 is 31.7. The Labute approximate surface area is 307 Å². The molecule has 2 aliphatic rings. The highest BCUT2D eigenvalue weighted by Gasteiger charge is 2.38. The summed E-state index contributed by atoms with van der Waals surface area (Å²) in [5.41, 5.74) is 9.85.